The van der Waals surface area contributed by atoms with E-state index in [-0.39, 0.29) is 36.8 Å². The van der Waals surface area contributed by atoms with Gasteiger partial charge < -0.3 is 10.6 Å². The molecular formula is C14H31Cl2N3O. The molecule has 122 valence electrons. The highest BCUT2D eigenvalue weighted by atomic mass is 35.5. The van der Waals surface area contributed by atoms with Gasteiger partial charge in [0.2, 0.25) is 5.91 Å². The van der Waals surface area contributed by atoms with Crippen molar-refractivity contribution < 1.29 is 4.79 Å². The van der Waals surface area contributed by atoms with Crippen LogP contribution in [0.4, 0.5) is 0 Å². The molecule has 0 aliphatic carbocycles. The van der Waals surface area contributed by atoms with Crippen molar-refractivity contribution in [2.75, 3.05) is 33.7 Å². The Labute approximate surface area is 136 Å². The standard InChI is InChI=1S/C14H29N3O.2ClH/c1-11(2)13(17(3)4)14(18)16-9-7-12-6-5-8-15-10-12;;/h11-13,15H,5-10H2,1-4H3,(H,16,18);2*1H. The van der Waals surface area contributed by atoms with Crippen molar-refractivity contribution >= 4 is 30.7 Å². The van der Waals surface area contributed by atoms with E-state index < -0.39 is 0 Å². The summed E-state index contributed by atoms with van der Waals surface area (Å²) in [5, 5.41) is 6.50. The summed E-state index contributed by atoms with van der Waals surface area (Å²) in [6.07, 6.45) is 3.66. The minimum absolute atomic E-state index is 0. The maximum Gasteiger partial charge on any atom is 0.237 e. The highest BCUT2D eigenvalue weighted by Gasteiger charge is 2.24. The molecule has 1 saturated heterocycles. The molecule has 2 N–H and O–H groups in total. The van der Waals surface area contributed by atoms with E-state index in [1.165, 1.54) is 12.8 Å². The fraction of sp³-hybridized carbons (Fsp3) is 0.929. The maximum absolute atomic E-state index is 12.1. The third-order valence-corrected chi connectivity index (χ3v) is 3.71. The van der Waals surface area contributed by atoms with Gasteiger partial charge >= 0.3 is 0 Å². The summed E-state index contributed by atoms with van der Waals surface area (Å²) in [5.74, 6) is 1.24. The molecule has 1 fully saturated rings. The highest BCUT2D eigenvalue weighted by Crippen LogP contribution is 2.13. The molecule has 1 amide bonds. The largest absolute Gasteiger partial charge is 0.355 e. The van der Waals surface area contributed by atoms with Gasteiger partial charge in [0.15, 0.2) is 0 Å². The SMILES string of the molecule is CC(C)C(C(=O)NCCC1CCCNC1)N(C)C.Cl.Cl. The van der Waals surface area contributed by atoms with Crippen LogP contribution in [0.15, 0.2) is 0 Å². The normalized spacial score (nSPS) is 20.0. The summed E-state index contributed by atoms with van der Waals surface area (Å²) in [6, 6.07) is -0.0190. The minimum atomic E-state index is -0.0190. The lowest BCUT2D eigenvalue weighted by molar-refractivity contribution is -0.127. The van der Waals surface area contributed by atoms with Crippen LogP contribution < -0.4 is 10.6 Å². The number of piperidine rings is 1. The second-order valence-corrected chi connectivity index (χ2v) is 5.94. The second kappa shape index (κ2) is 11.6. The first-order valence-electron chi connectivity index (χ1n) is 7.17. The van der Waals surface area contributed by atoms with Crippen LogP contribution in [0.1, 0.15) is 33.1 Å². The second-order valence-electron chi connectivity index (χ2n) is 5.94. The lowest BCUT2D eigenvalue weighted by Gasteiger charge is -2.27. The van der Waals surface area contributed by atoms with E-state index in [2.05, 4.69) is 24.5 Å². The monoisotopic (exact) mass is 327 g/mol. The number of nitrogens with one attached hydrogen (secondary N) is 2. The number of halogens is 2. The van der Waals surface area contributed by atoms with E-state index in [1.807, 2.05) is 19.0 Å². The molecule has 1 heterocycles. The Morgan fingerprint density at radius 2 is 2.00 bits per heavy atom. The number of hydrogen-bond acceptors (Lipinski definition) is 3. The van der Waals surface area contributed by atoms with Gasteiger partial charge in [-0.15, -0.1) is 24.8 Å². The van der Waals surface area contributed by atoms with Crippen molar-refractivity contribution in [3.8, 4) is 0 Å². The van der Waals surface area contributed by atoms with E-state index in [9.17, 15) is 4.79 Å². The highest BCUT2D eigenvalue weighted by molar-refractivity contribution is 5.85. The van der Waals surface area contributed by atoms with Crippen LogP contribution in [-0.2, 0) is 4.79 Å². The van der Waals surface area contributed by atoms with E-state index in [1.54, 1.807) is 0 Å². The summed E-state index contributed by atoms with van der Waals surface area (Å²) in [6.45, 7) is 7.25. The fourth-order valence-corrected chi connectivity index (χ4v) is 2.81. The van der Waals surface area contributed by atoms with Crippen molar-refractivity contribution in [2.45, 2.75) is 39.2 Å². The smallest absolute Gasteiger partial charge is 0.237 e. The average molecular weight is 328 g/mol. The molecule has 0 bridgehead atoms. The van der Waals surface area contributed by atoms with Crippen LogP contribution in [0.2, 0.25) is 0 Å². The summed E-state index contributed by atoms with van der Waals surface area (Å²) in [4.78, 5) is 14.1. The summed E-state index contributed by atoms with van der Waals surface area (Å²) < 4.78 is 0. The van der Waals surface area contributed by atoms with Crippen molar-refractivity contribution in [3.63, 3.8) is 0 Å². The van der Waals surface area contributed by atoms with Gasteiger partial charge in [0.1, 0.15) is 0 Å². The third kappa shape index (κ3) is 7.67. The van der Waals surface area contributed by atoms with Crippen molar-refractivity contribution in [2.24, 2.45) is 11.8 Å². The number of amides is 1. The van der Waals surface area contributed by atoms with Crippen LogP contribution in [0.5, 0.6) is 0 Å². The van der Waals surface area contributed by atoms with E-state index in [4.69, 9.17) is 0 Å². The number of nitrogens with zero attached hydrogens (tertiary/aromatic N) is 1. The van der Waals surface area contributed by atoms with Crippen molar-refractivity contribution in [1.82, 2.24) is 15.5 Å². The summed E-state index contributed by atoms with van der Waals surface area (Å²) >= 11 is 0. The fourth-order valence-electron chi connectivity index (χ4n) is 2.81. The molecule has 0 aromatic rings. The van der Waals surface area contributed by atoms with E-state index in [0.29, 0.717) is 5.92 Å². The van der Waals surface area contributed by atoms with Gasteiger partial charge in [-0.1, -0.05) is 13.8 Å². The van der Waals surface area contributed by atoms with Crippen LogP contribution in [0.25, 0.3) is 0 Å². The summed E-state index contributed by atoms with van der Waals surface area (Å²) in [5.41, 5.74) is 0. The van der Waals surface area contributed by atoms with Crippen LogP contribution in [0, 0.1) is 11.8 Å². The Morgan fingerprint density at radius 1 is 1.35 bits per heavy atom. The van der Waals surface area contributed by atoms with Gasteiger partial charge in [-0.2, -0.15) is 0 Å². The average Bonchev–Trinajstić information content (AvgIpc) is 2.29. The molecule has 2 atom stereocenters. The molecule has 0 saturated carbocycles. The molecule has 0 spiro atoms. The third-order valence-electron chi connectivity index (χ3n) is 3.71. The lowest BCUT2D eigenvalue weighted by Crippen LogP contribution is -2.47. The molecule has 0 aromatic carbocycles. The molecule has 2 unspecified atom stereocenters. The van der Waals surface area contributed by atoms with E-state index in [0.717, 1.165) is 32.0 Å². The molecule has 6 heteroatoms. The predicted octanol–water partition coefficient (Wildman–Crippen LogP) is 1.92. The Bertz CT molecular complexity index is 249. The molecule has 1 rings (SSSR count). The molecule has 1 aliphatic rings. The Kier molecular flexibility index (Phi) is 12.9. The zero-order valence-corrected chi connectivity index (χ0v) is 14.8. The zero-order valence-electron chi connectivity index (χ0n) is 13.1. The van der Waals surface area contributed by atoms with Crippen molar-refractivity contribution in [1.29, 1.82) is 0 Å². The molecular weight excluding hydrogens is 297 g/mol. The van der Waals surface area contributed by atoms with Crippen molar-refractivity contribution in [3.05, 3.63) is 0 Å². The quantitative estimate of drug-likeness (QED) is 0.783. The Hall–Kier alpha value is -0.0300. The molecule has 20 heavy (non-hydrogen) atoms. The van der Waals surface area contributed by atoms with E-state index >= 15 is 0 Å². The first-order chi connectivity index (χ1) is 8.52. The van der Waals surface area contributed by atoms with Gasteiger partial charge in [-0.25, -0.2) is 0 Å². The number of carbonyl (C=O) groups is 1. The molecule has 0 radical (unpaired) electrons. The van der Waals surface area contributed by atoms with Gasteiger partial charge in [0.05, 0.1) is 6.04 Å². The van der Waals surface area contributed by atoms with Gasteiger partial charge in [0, 0.05) is 6.54 Å². The maximum atomic E-state index is 12.1. The lowest BCUT2D eigenvalue weighted by atomic mass is 9.96. The zero-order chi connectivity index (χ0) is 13.5. The molecule has 4 nitrogen and oxygen atoms in total. The van der Waals surface area contributed by atoms with Crippen LogP contribution >= 0.6 is 24.8 Å². The molecule has 1 aliphatic heterocycles. The van der Waals surface area contributed by atoms with Crippen LogP contribution in [-0.4, -0.2) is 50.6 Å². The first kappa shape index (κ1) is 22.3. The predicted molar refractivity (Wildman–Crippen MR) is 90.0 cm³/mol. The molecule has 0 aromatic heterocycles. The number of hydrogen-bond donors (Lipinski definition) is 2. The number of carbonyl (C=O) groups excluding carboxylic acids is 1. The number of rotatable bonds is 6. The van der Waals surface area contributed by atoms with Gasteiger partial charge in [-0.3, -0.25) is 9.69 Å². The summed E-state index contributed by atoms with van der Waals surface area (Å²) in [7, 11) is 3.94. The van der Waals surface area contributed by atoms with Crippen LogP contribution in [0.3, 0.4) is 0 Å². The topological polar surface area (TPSA) is 44.4 Å². The number of likely N-dealkylation sites (N-methyl/N-ethyl adjacent to an activating group) is 1. The minimum Gasteiger partial charge on any atom is -0.355 e. The Balaban J connectivity index is 0. The first-order valence-corrected chi connectivity index (χ1v) is 7.17. The van der Waals surface area contributed by atoms with Gasteiger partial charge in [-0.05, 0) is 58.3 Å². The Morgan fingerprint density at radius 3 is 2.45 bits per heavy atom. The van der Waals surface area contributed by atoms with Gasteiger partial charge in [0.25, 0.3) is 0 Å².